The maximum Gasteiger partial charge on any atom is 0.387 e. The van der Waals surface area contributed by atoms with E-state index < -0.39 is 6.61 Å². The van der Waals surface area contributed by atoms with E-state index in [0.29, 0.717) is 11.5 Å². The molecule has 0 aromatic heterocycles. The van der Waals surface area contributed by atoms with Crippen molar-refractivity contribution in [1.82, 2.24) is 5.32 Å². The first kappa shape index (κ1) is 15.7. The second-order valence-electron chi connectivity index (χ2n) is 5.28. The van der Waals surface area contributed by atoms with Crippen LogP contribution in [0.1, 0.15) is 36.0 Å². The predicted octanol–water partition coefficient (Wildman–Crippen LogP) is 2.57. The van der Waals surface area contributed by atoms with Gasteiger partial charge in [0.2, 0.25) is 0 Å². The number of ether oxygens (including phenoxy) is 1. The second kappa shape index (κ2) is 7.36. The molecule has 0 aliphatic heterocycles. The van der Waals surface area contributed by atoms with Crippen LogP contribution in [-0.2, 0) is 0 Å². The highest BCUT2D eigenvalue weighted by Gasteiger charge is 2.22. The number of rotatable bonds is 5. The number of nitrogens with one attached hydrogen (secondary N) is 1. The van der Waals surface area contributed by atoms with Gasteiger partial charge in [-0.15, -0.1) is 0 Å². The number of carbonyl (C=O) groups excluding carboxylic acids is 1. The Morgan fingerprint density at radius 3 is 2.67 bits per heavy atom. The molecule has 0 spiro atoms. The molecule has 0 radical (unpaired) electrons. The molecular formula is C15H19F2NO3. The van der Waals surface area contributed by atoms with Crippen LogP contribution >= 0.6 is 0 Å². The van der Waals surface area contributed by atoms with E-state index in [1.807, 2.05) is 0 Å². The number of carbonyl (C=O) groups is 1. The Bertz CT molecular complexity index is 474. The summed E-state index contributed by atoms with van der Waals surface area (Å²) in [5.74, 6) is 0.00438. The zero-order valence-electron chi connectivity index (χ0n) is 11.6. The number of aliphatic hydroxyl groups excluding tert-OH is 1. The fraction of sp³-hybridized carbons (Fsp3) is 0.533. The monoisotopic (exact) mass is 299 g/mol. The van der Waals surface area contributed by atoms with Crippen molar-refractivity contribution in [2.75, 3.05) is 6.61 Å². The summed E-state index contributed by atoms with van der Waals surface area (Å²) in [7, 11) is 0. The number of halogens is 2. The van der Waals surface area contributed by atoms with Gasteiger partial charge in [-0.05, 0) is 49.8 Å². The first-order valence-electron chi connectivity index (χ1n) is 7.05. The lowest BCUT2D eigenvalue weighted by molar-refractivity contribution is -0.0498. The molecule has 0 bridgehead atoms. The van der Waals surface area contributed by atoms with Gasteiger partial charge in [-0.3, -0.25) is 4.79 Å². The standard InChI is InChI=1S/C15H19F2NO3/c16-15(17)21-13-3-1-2-11(8-13)14(20)18-12-6-4-10(9-19)5-7-12/h1-3,8,10,12,15,19H,4-7,9H2,(H,18,20). The quantitative estimate of drug-likeness (QED) is 0.878. The van der Waals surface area contributed by atoms with Crippen LogP contribution in [0.2, 0.25) is 0 Å². The van der Waals surface area contributed by atoms with Crippen molar-refractivity contribution in [1.29, 1.82) is 0 Å². The number of alkyl halides is 2. The summed E-state index contributed by atoms with van der Waals surface area (Å²) in [5, 5.41) is 12.0. The predicted molar refractivity (Wildman–Crippen MR) is 73.4 cm³/mol. The van der Waals surface area contributed by atoms with Crippen molar-refractivity contribution >= 4 is 5.91 Å². The third-order valence-corrected chi connectivity index (χ3v) is 3.76. The first-order valence-corrected chi connectivity index (χ1v) is 7.05. The van der Waals surface area contributed by atoms with E-state index in [1.165, 1.54) is 18.2 Å². The summed E-state index contributed by atoms with van der Waals surface area (Å²) < 4.78 is 28.6. The van der Waals surface area contributed by atoms with Crippen molar-refractivity contribution in [3.63, 3.8) is 0 Å². The zero-order chi connectivity index (χ0) is 15.2. The van der Waals surface area contributed by atoms with Crippen molar-refractivity contribution in [2.45, 2.75) is 38.3 Å². The average molecular weight is 299 g/mol. The van der Waals surface area contributed by atoms with Crippen LogP contribution in [0, 0.1) is 5.92 Å². The topological polar surface area (TPSA) is 58.6 Å². The fourth-order valence-corrected chi connectivity index (χ4v) is 2.57. The van der Waals surface area contributed by atoms with Gasteiger partial charge < -0.3 is 15.2 Å². The van der Waals surface area contributed by atoms with Crippen LogP contribution in [0.5, 0.6) is 5.75 Å². The van der Waals surface area contributed by atoms with Crippen molar-refractivity contribution in [3.8, 4) is 5.75 Å². The van der Waals surface area contributed by atoms with Crippen molar-refractivity contribution in [3.05, 3.63) is 29.8 Å². The van der Waals surface area contributed by atoms with E-state index in [0.717, 1.165) is 25.7 Å². The molecule has 0 heterocycles. The molecule has 1 aliphatic rings. The van der Waals surface area contributed by atoms with Gasteiger partial charge in [0.1, 0.15) is 5.75 Å². The average Bonchev–Trinajstić information content (AvgIpc) is 2.47. The number of hydrogen-bond acceptors (Lipinski definition) is 3. The second-order valence-corrected chi connectivity index (χ2v) is 5.28. The Morgan fingerprint density at radius 1 is 1.33 bits per heavy atom. The summed E-state index contributed by atoms with van der Waals surface area (Å²) in [5.41, 5.74) is 0.303. The number of aliphatic hydroxyl groups is 1. The SMILES string of the molecule is O=C(NC1CCC(CO)CC1)c1cccc(OC(F)F)c1. The van der Waals surface area contributed by atoms with Crippen LogP contribution in [0.4, 0.5) is 8.78 Å². The molecule has 1 saturated carbocycles. The molecule has 4 nitrogen and oxygen atoms in total. The minimum atomic E-state index is -2.91. The Kier molecular flexibility index (Phi) is 5.50. The molecule has 21 heavy (non-hydrogen) atoms. The van der Waals surface area contributed by atoms with Gasteiger partial charge in [0.25, 0.3) is 5.91 Å². The van der Waals surface area contributed by atoms with E-state index >= 15 is 0 Å². The minimum Gasteiger partial charge on any atom is -0.435 e. The smallest absolute Gasteiger partial charge is 0.387 e. The summed E-state index contributed by atoms with van der Waals surface area (Å²) >= 11 is 0. The lowest BCUT2D eigenvalue weighted by atomic mass is 9.86. The van der Waals surface area contributed by atoms with Gasteiger partial charge in [-0.1, -0.05) is 6.07 Å². The molecule has 2 N–H and O–H groups in total. The van der Waals surface area contributed by atoms with Crippen LogP contribution in [0.25, 0.3) is 0 Å². The van der Waals surface area contributed by atoms with E-state index in [4.69, 9.17) is 5.11 Å². The number of hydrogen-bond donors (Lipinski definition) is 2. The van der Waals surface area contributed by atoms with Gasteiger partial charge >= 0.3 is 6.61 Å². The molecule has 116 valence electrons. The molecule has 1 fully saturated rings. The molecule has 6 heteroatoms. The third-order valence-electron chi connectivity index (χ3n) is 3.76. The Hall–Kier alpha value is -1.69. The molecule has 1 aromatic rings. The van der Waals surface area contributed by atoms with Crippen molar-refractivity contribution in [2.24, 2.45) is 5.92 Å². The molecule has 1 aliphatic carbocycles. The molecular weight excluding hydrogens is 280 g/mol. The summed E-state index contributed by atoms with van der Waals surface area (Å²) in [6.45, 7) is -2.72. The largest absolute Gasteiger partial charge is 0.435 e. The van der Waals surface area contributed by atoms with Gasteiger partial charge in [0.15, 0.2) is 0 Å². The maximum atomic E-state index is 12.2. The molecule has 1 amide bonds. The van der Waals surface area contributed by atoms with Crippen LogP contribution in [0.15, 0.2) is 24.3 Å². The lowest BCUT2D eigenvalue weighted by Crippen LogP contribution is -2.38. The summed E-state index contributed by atoms with van der Waals surface area (Å²) in [4.78, 5) is 12.1. The van der Waals surface area contributed by atoms with E-state index in [-0.39, 0.29) is 24.3 Å². The van der Waals surface area contributed by atoms with Gasteiger partial charge in [-0.25, -0.2) is 0 Å². The summed E-state index contributed by atoms with van der Waals surface area (Å²) in [6, 6.07) is 5.83. The van der Waals surface area contributed by atoms with Crippen molar-refractivity contribution < 1.29 is 23.4 Å². The molecule has 0 unspecified atom stereocenters. The third kappa shape index (κ3) is 4.67. The Labute approximate surface area is 122 Å². The highest BCUT2D eigenvalue weighted by atomic mass is 19.3. The van der Waals surface area contributed by atoms with Gasteiger partial charge in [0.05, 0.1) is 0 Å². The van der Waals surface area contributed by atoms with E-state index in [9.17, 15) is 13.6 Å². The zero-order valence-corrected chi connectivity index (χ0v) is 11.6. The van der Waals surface area contributed by atoms with Crippen LogP contribution in [0.3, 0.4) is 0 Å². The molecule has 0 atom stereocenters. The molecule has 2 rings (SSSR count). The number of benzene rings is 1. The maximum absolute atomic E-state index is 12.2. The normalized spacial score (nSPS) is 22.1. The van der Waals surface area contributed by atoms with Crippen LogP contribution < -0.4 is 10.1 Å². The molecule has 0 saturated heterocycles. The van der Waals surface area contributed by atoms with E-state index in [2.05, 4.69) is 10.1 Å². The Balaban J connectivity index is 1.91. The van der Waals surface area contributed by atoms with Gasteiger partial charge in [0, 0.05) is 18.2 Å². The highest BCUT2D eigenvalue weighted by Crippen LogP contribution is 2.24. The molecule has 1 aromatic carbocycles. The van der Waals surface area contributed by atoms with Gasteiger partial charge in [-0.2, -0.15) is 8.78 Å². The Morgan fingerprint density at radius 2 is 2.05 bits per heavy atom. The first-order chi connectivity index (χ1) is 10.1. The summed E-state index contributed by atoms with van der Waals surface area (Å²) in [6.07, 6.45) is 3.42. The highest BCUT2D eigenvalue weighted by molar-refractivity contribution is 5.94. The number of amides is 1. The minimum absolute atomic E-state index is 0.0263. The van der Waals surface area contributed by atoms with Crippen LogP contribution in [-0.4, -0.2) is 30.3 Å². The fourth-order valence-electron chi connectivity index (χ4n) is 2.57. The lowest BCUT2D eigenvalue weighted by Gasteiger charge is -2.28. The van der Waals surface area contributed by atoms with E-state index in [1.54, 1.807) is 6.07 Å².